The Kier molecular flexibility index (Phi) is 376. The fourth-order valence-corrected chi connectivity index (χ4v) is 2.25. The maximum Gasteiger partial charge on any atom is 0.408 e. The minimum atomic E-state index is -0.558. The van der Waals surface area contributed by atoms with Gasteiger partial charge in [0.15, 0.2) is 0 Å². The van der Waals surface area contributed by atoms with E-state index in [0.29, 0.717) is 16.7 Å². The van der Waals surface area contributed by atoms with Gasteiger partial charge in [0.05, 0.1) is 48.7 Å². The number of hydrogen-bond acceptors (Lipinski definition) is 14. The van der Waals surface area contributed by atoms with Gasteiger partial charge in [0.2, 0.25) is 5.91 Å². The Bertz CT molecular complexity index is 1490. The normalized spacial score (nSPS) is 8.66. The van der Waals surface area contributed by atoms with E-state index in [1.807, 2.05) is 102 Å². The van der Waals surface area contributed by atoms with Crippen molar-refractivity contribution in [3.8, 4) is 12.3 Å². The fourth-order valence-electron chi connectivity index (χ4n) is 2.25. The van der Waals surface area contributed by atoms with Crippen LogP contribution in [0.15, 0.2) is 29.1 Å². The molecule has 6 N–H and O–H groups in total. The Morgan fingerprint density at radius 3 is 0.910 bits per heavy atom. The molecule has 1 aliphatic heterocycles. The van der Waals surface area contributed by atoms with Crippen LogP contribution in [-0.4, -0.2) is 196 Å². The number of allylic oxidation sites excluding steroid dienone is 2. The highest BCUT2D eigenvalue weighted by Crippen LogP contribution is 2.12. The molecule has 1 heterocycles. The van der Waals surface area contributed by atoms with E-state index in [0.717, 1.165) is 18.8 Å². The zero-order valence-electron chi connectivity index (χ0n) is 90.2. The van der Waals surface area contributed by atoms with Gasteiger partial charge in [-0.05, 0) is 205 Å². The molecule has 0 radical (unpaired) electrons. The van der Waals surface area contributed by atoms with E-state index in [9.17, 15) is 38.4 Å². The number of halogens is 15. The topological polar surface area (TPSA) is 242 Å². The van der Waals surface area contributed by atoms with Crippen LogP contribution in [0.4, 0.5) is 4.79 Å². The molecule has 0 fully saturated rings. The first-order chi connectivity index (χ1) is 56.8. The van der Waals surface area contributed by atoms with Crippen LogP contribution < -0.4 is 27.0 Å². The minimum absolute atomic E-state index is 0. The summed E-state index contributed by atoms with van der Waals surface area (Å²) < 4.78 is 170. The quantitative estimate of drug-likeness (QED) is 0.0499. The number of nitrogens with one attached hydrogen (secondary N) is 4. The van der Waals surface area contributed by atoms with E-state index in [2.05, 4.69) is 305 Å². The SMILES string of the molecule is C.C.C.C.C.C.C.C.C.C.C.C.C.C#CC.C=C(C)OCC.CBr.CBr.CBr.CBr.CBr.CBr.CBr.CBr.CBr.CBr.CBr.CBr.CC(=O)CBr.CC(=O)CBr.CC(=O)CN.CC(=O)CNC(=O)OC(C)(C)C.CC(C)=O.CI.CN[C@@H](C)C(=O)NCC(C)=O.CN[C@@H](C)C1=NC=C(C)C1.[2HH].[2HH].[2HH].[2HH].[2H][2H].[2H][2H].[2H][2H].[2H][2H].[2H][2H].[2H][2H].[2H][2H].[2H][2H].[2H][2H].[2H][2H].[2H][2H].[2H][2H].[2H][2H].[2H][2H].[2H][2H].[2H][2H]. The maximum atomic E-state index is 11.0. The number of hydrogen-bond donors (Lipinski definition) is 5. The molecule has 682 valence electrons. The Morgan fingerprint density at radius 2 is 0.790 bits per heavy atom. The third-order valence-corrected chi connectivity index (χ3v) is 6.70. The van der Waals surface area contributed by atoms with Gasteiger partial charge >= 0.3 is 6.09 Å². The largest absolute Gasteiger partial charge is 0.499 e. The van der Waals surface area contributed by atoms with Gasteiger partial charge < -0.3 is 41.3 Å². The summed E-state index contributed by atoms with van der Waals surface area (Å²) in [4.78, 5) is 87.6. The van der Waals surface area contributed by atoms with Gasteiger partial charge in [0.1, 0.15) is 40.3 Å². The van der Waals surface area contributed by atoms with Crippen molar-refractivity contribution in [3.63, 3.8) is 0 Å². The summed E-state index contributed by atoms with van der Waals surface area (Å²) in [5, 5.41) is 11.7. The average molecular weight is 2570 g/mol. The van der Waals surface area contributed by atoms with E-state index >= 15 is 0 Å². The summed E-state index contributed by atoms with van der Waals surface area (Å²) in [6.07, 6.45) is 7.03. The van der Waals surface area contributed by atoms with Crippen molar-refractivity contribution in [1.29, 1.82) is 0 Å². The lowest BCUT2D eigenvalue weighted by Gasteiger charge is -2.19. The molecule has 0 saturated heterocycles. The second-order valence-electron chi connectivity index (χ2n) is 13.7. The van der Waals surface area contributed by atoms with Crippen molar-refractivity contribution in [2.75, 3.05) is 126 Å². The van der Waals surface area contributed by atoms with Gasteiger partial charge in [-0.25, -0.2) is 4.79 Å². The van der Waals surface area contributed by atoms with Crippen molar-refractivity contribution >= 4 is 298 Å². The first-order valence-electron chi connectivity index (χ1n) is 40.0. The van der Waals surface area contributed by atoms with E-state index in [4.69, 9.17) is 62.7 Å². The molecule has 2 amide bonds. The number of nitrogens with zero attached hydrogens (tertiary/aromatic N) is 1. The molecule has 0 aliphatic carbocycles. The number of terminal acetylenes is 1. The summed E-state index contributed by atoms with van der Waals surface area (Å²) in [5.41, 5.74) is 6.92. The van der Waals surface area contributed by atoms with Crippen molar-refractivity contribution in [2.24, 2.45) is 10.7 Å². The number of alkyl carbamates (subject to hydrolysis) is 1. The number of rotatable bonds is 13. The molecule has 2 atom stereocenters. The lowest BCUT2D eigenvalue weighted by atomic mass is 10.1. The van der Waals surface area contributed by atoms with Gasteiger partial charge in [-0.15, -0.1) is 12.3 Å². The van der Waals surface area contributed by atoms with Crippen LogP contribution in [0.1, 0.15) is 267 Å². The van der Waals surface area contributed by atoms with Crippen molar-refractivity contribution < 1.29 is 101 Å². The monoisotopic (exact) mass is 2550 g/mol. The molecule has 100 heavy (non-hydrogen) atoms. The zero-order chi connectivity index (χ0) is 108. The molecular formula is C69H211Br14IN6O10. The van der Waals surface area contributed by atoms with Crippen LogP contribution >= 0.6 is 246 Å². The molecular weight excluding hydrogens is 2320 g/mol. The summed E-state index contributed by atoms with van der Waals surface area (Å²) in [6.45, 7) is 31.7. The molecule has 31 heteroatoms. The number of Topliss-reactive ketones (excluding diaryl/α,β-unsaturated/α-hetero) is 6. The zero-order valence-corrected chi connectivity index (χ0v) is 82.6. The van der Waals surface area contributed by atoms with Crippen molar-refractivity contribution in [1.82, 2.24) is 21.3 Å². The second kappa shape index (κ2) is 254. The summed E-state index contributed by atoms with van der Waals surface area (Å²) in [6, 6.07) is 0.183. The first-order valence-corrected chi connectivity index (χ1v) is 47.4. The molecule has 0 bridgehead atoms. The molecule has 0 aromatic carbocycles. The van der Waals surface area contributed by atoms with Crippen LogP contribution in [0.3, 0.4) is 0 Å². The lowest BCUT2D eigenvalue weighted by molar-refractivity contribution is -0.125. The summed E-state index contributed by atoms with van der Waals surface area (Å²) in [5.74, 6) is 25.0. The molecule has 0 spiro atoms. The predicted molar refractivity (Wildman–Crippen MR) is 585 cm³/mol. The number of likely N-dealkylation sites (N-methyl/N-ethyl adjacent to an activating group) is 1. The summed E-state index contributed by atoms with van der Waals surface area (Å²) >= 11 is 43.3. The number of amides is 2. The third kappa shape index (κ3) is 440. The second-order valence-corrected chi connectivity index (χ2v) is 14.8. The Hall–Kier alpha value is 2.60. The number of ketones is 6. The molecule has 0 aromatic rings. The van der Waals surface area contributed by atoms with Crippen LogP contribution in [0.5, 0.6) is 0 Å². The smallest absolute Gasteiger partial charge is 0.408 e. The number of carbonyl (C=O) groups is 8. The lowest BCUT2D eigenvalue weighted by Crippen LogP contribution is -2.41. The fraction of sp³-hybridized carbons (Fsp3) is 0.783. The number of nitrogens with two attached hydrogens (primary N) is 1. The van der Waals surface area contributed by atoms with E-state index in [-0.39, 0.29) is 169 Å². The van der Waals surface area contributed by atoms with E-state index in [1.165, 1.54) is 59.8 Å². The van der Waals surface area contributed by atoms with E-state index in [1.54, 1.807) is 41.7 Å². The predicted octanol–water partition coefficient (Wildman–Crippen LogP) is 32.4. The molecule has 1 rings (SSSR count). The average Bonchev–Trinajstić information content (AvgIpc) is 1.77. The molecule has 0 saturated carbocycles. The van der Waals surface area contributed by atoms with Crippen molar-refractivity contribution in [2.45, 2.75) is 231 Å². The first kappa shape index (κ1) is 148. The van der Waals surface area contributed by atoms with Gasteiger partial charge in [-0.2, -0.15) is 0 Å². The van der Waals surface area contributed by atoms with Crippen LogP contribution in [0.25, 0.3) is 0 Å². The highest BCUT2D eigenvalue weighted by atomic mass is 127. The maximum absolute atomic E-state index is 11.0. The van der Waals surface area contributed by atoms with E-state index < -0.39 is 11.7 Å². The number of aliphatic imine (C=N–C) groups is 1. The Balaban J connectivity index is -0.00000000997. The van der Waals surface area contributed by atoms with Crippen LogP contribution in [0, 0.1) is 12.3 Å². The third-order valence-electron chi connectivity index (χ3n) is 5.12. The molecule has 1 aliphatic rings. The van der Waals surface area contributed by atoms with Gasteiger partial charge in [-0.3, -0.25) is 33.8 Å². The number of alkyl halides is 15. The Labute approximate surface area is 817 Å². The molecule has 16 nitrogen and oxygen atoms in total. The van der Waals surface area contributed by atoms with Crippen LogP contribution in [-0.2, 0) is 43.0 Å². The Morgan fingerprint density at radius 1 is 0.570 bits per heavy atom. The van der Waals surface area contributed by atoms with Crippen molar-refractivity contribution in [3.05, 3.63) is 24.1 Å². The van der Waals surface area contributed by atoms with Gasteiger partial charge in [0, 0.05) is 77.6 Å². The minimum Gasteiger partial charge on any atom is -0.499 e. The highest BCUT2D eigenvalue weighted by molar-refractivity contribution is 14.1. The molecule has 0 aromatic heterocycles. The van der Waals surface area contributed by atoms with Crippen LogP contribution in [0.2, 0.25) is 0 Å². The summed E-state index contributed by atoms with van der Waals surface area (Å²) in [7, 11) is 3.65. The van der Waals surface area contributed by atoms with Gasteiger partial charge in [0.25, 0.3) is 0 Å². The molecule has 0 unspecified atom stereocenters. The number of ether oxygens (including phenoxy) is 2. The number of carbonyl (C=O) groups excluding carboxylic acids is 8. The highest BCUT2D eigenvalue weighted by Gasteiger charge is 2.16. The standard InChI is InChI=1S/C8H14N2.C8H15NO3.C7H14N2O2.C5H10O.2C3H5BrO.C3H7NO.C3H6O.C3H4.12CH3Br.CH3I.13CH4.20H2/c1-6-4-8(10-5-6)7(2)9-3;1-6(10)5-9-7(11)12-8(2,3)4;1-5(10)4-9-7(11)6(2)8-3;1-4-6-5(2)3;3*1-3(5)2-4;1-3(2)4;1-3-2;13*1-2;;;;;;;;;;;;;;;;;;;;;;;;;;;;;;;;;/h5,7,9H,4H2,1-3H3;5H2,1-4H3,(H,9,11);6,8H,4H2,1-3H3,(H,9,11);2,4H2,1,3H3;2*2H2,1H3;2,4H2,1H3;1-2H3;1H,2H3;13*1H3;13*1H4;20*1H/t7-;;6-;;;;;;;;;;;;;;;;;;;;;;;;;;;;;;;;;;;;;;;;;;;;;;;;;;;;/m0.0..................................................../s1/i;;;;;;;;;;;;;;;;;;;;;;;;;;;;;;;;;;;16*1+1D;4*1+1. The van der Waals surface area contributed by atoms with Gasteiger partial charge in [-0.1, -0.05) is 349 Å².